The van der Waals surface area contributed by atoms with E-state index in [0.717, 1.165) is 18.4 Å². The Morgan fingerprint density at radius 1 is 1.10 bits per heavy atom. The van der Waals surface area contributed by atoms with Crippen LogP contribution in [0.2, 0.25) is 0 Å². The van der Waals surface area contributed by atoms with E-state index in [1.807, 2.05) is 32.9 Å². The molecule has 0 aromatic heterocycles. The Balaban J connectivity index is 2.48. The van der Waals surface area contributed by atoms with Crippen LogP contribution in [0.3, 0.4) is 0 Å². The fraction of sp³-hybridized carbons (Fsp3) is 0.500. The third kappa shape index (κ3) is 6.36. The Bertz CT molecular complexity index is 454. The van der Waals surface area contributed by atoms with E-state index in [-0.39, 0.29) is 12.4 Å². The molecule has 0 spiro atoms. The Kier molecular flexibility index (Phi) is 5.74. The highest BCUT2D eigenvalue weighted by atomic mass is 16.6. The topological polar surface area (TPSA) is 63.6 Å². The van der Waals surface area contributed by atoms with E-state index in [0.29, 0.717) is 12.0 Å². The molecule has 1 aromatic carbocycles. The summed E-state index contributed by atoms with van der Waals surface area (Å²) in [5, 5.41) is 8.55. The summed E-state index contributed by atoms with van der Waals surface area (Å²) in [7, 11) is 0. The van der Waals surface area contributed by atoms with Gasteiger partial charge < -0.3 is 9.84 Å². The van der Waals surface area contributed by atoms with E-state index in [9.17, 15) is 9.59 Å². The lowest BCUT2D eigenvalue weighted by atomic mass is 10.1. The van der Waals surface area contributed by atoms with Crippen molar-refractivity contribution < 1.29 is 19.4 Å². The molecule has 1 N–H and O–H groups in total. The molecule has 1 rings (SSSR count). The summed E-state index contributed by atoms with van der Waals surface area (Å²) in [6.07, 6.45) is 2.53. The fourth-order valence-electron chi connectivity index (χ4n) is 1.75. The zero-order valence-corrected chi connectivity index (χ0v) is 12.3. The molecular weight excluding hydrogens is 256 g/mol. The van der Waals surface area contributed by atoms with Crippen LogP contribution in [-0.2, 0) is 16.0 Å². The second-order valence-electron chi connectivity index (χ2n) is 5.80. The standard InChI is InChI=1S/C16H22O4/c1-16(2,3)20-15(19)13-10-8-12(9-11-13)6-4-5-7-14(17)18/h8-11H,4-7H2,1-3H3,(H,17,18). The average molecular weight is 278 g/mol. The van der Waals surface area contributed by atoms with Gasteiger partial charge in [0.15, 0.2) is 0 Å². The first-order valence-electron chi connectivity index (χ1n) is 6.82. The van der Waals surface area contributed by atoms with Crippen molar-refractivity contribution in [2.45, 2.75) is 52.1 Å². The van der Waals surface area contributed by atoms with Gasteiger partial charge in [-0.25, -0.2) is 4.79 Å². The van der Waals surface area contributed by atoms with Gasteiger partial charge in [0.1, 0.15) is 5.60 Å². The maximum absolute atomic E-state index is 11.8. The number of benzene rings is 1. The minimum Gasteiger partial charge on any atom is -0.481 e. The Labute approximate surface area is 119 Å². The fourth-order valence-corrected chi connectivity index (χ4v) is 1.75. The zero-order valence-electron chi connectivity index (χ0n) is 12.3. The summed E-state index contributed by atoms with van der Waals surface area (Å²) in [5.74, 6) is -1.08. The van der Waals surface area contributed by atoms with Crippen LogP contribution in [0.25, 0.3) is 0 Å². The number of carbonyl (C=O) groups is 2. The summed E-state index contributed by atoms with van der Waals surface area (Å²) < 4.78 is 5.28. The van der Waals surface area contributed by atoms with E-state index >= 15 is 0 Å². The van der Waals surface area contributed by atoms with Gasteiger partial charge in [0.25, 0.3) is 0 Å². The van der Waals surface area contributed by atoms with Crippen LogP contribution in [-0.4, -0.2) is 22.6 Å². The van der Waals surface area contributed by atoms with Crippen molar-refractivity contribution in [3.05, 3.63) is 35.4 Å². The van der Waals surface area contributed by atoms with Gasteiger partial charge in [0, 0.05) is 6.42 Å². The molecule has 0 aliphatic carbocycles. The number of carboxylic acids is 1. The summed E-state index contributed by atoms with van der Waals surface area (Å²) in [4.78, 5) is 22.2. The third-order valence-electron chi connectivity index (χ3n) is 2.69. The molecule has 0 heterocycles. The molecule has 0 bridgehead atoms. The lowest BCUT2D eigenvalue weighted by Crippen LogP contribution is -2.23. The summed E-state index contributed by atoms with van der Waals surface area (Å²) in [5.41, 5.74) is 1.14. The highest BCUT2D eigenvalue weighted by molar-refractivity contribution is 5.89. The molecule has 0 saturated carbocycles. The summed E-state index contributed by atoms with van der Waals surface area (Å²) in [6.45, 7) is 5.51. The number of carbonyl (C=O) groups excluding carboxylic acids is 1. The van der Waals surface area contributed by atoms with Gasteiger partial charge in [-0.1, -0.05) is 12.1 Å². The van der Waals surface area contributed by atoms with Crippen molar-refractivity contribution in [1.29, 1.82) is 0 Å². The number of unbranched alkanes of at least 4 members (excludes halogenated alkanes) is 1. The Morgan fingerprint density at radius 3 is 2.20 bits per heavy atom. The molecule has 0 saturated heterocycles. The SMILES string of the molecule is CC(C)(C)OC(=O)c1ccc(CCCCC(=O)O)cc1. The number of aliphatic carboxylic acids is 1. The summed E-state index contributed by atoms with van der Waals surface area (Å²) in [6, 6.07) is 7.28. The zero-order chi connectivity index (χ0) is 15.2. The molecule has 0 aliphatic heterocycles. The van der Waals surface area contributed by atoms with Gasteiger partial charge in [0.05, 0.1) is 5.56 Å². The minimum absolute atomic E-state index is 0.204. The van der Waals surface area contributed by atoms with Crippen molar-refractivity contribution >= 4 is 11.9 Å². The number of esters is 1. The smallest absolute Gasteiger partial charge is 0.338 e. The predicted octanol–water partition coefficient (Wildman–Crippen LogP) is 3.44. The van der Waals surface area contributed by atoms with Crippen LogP contribution >= 0.6 is 0 Å². The predicted molar refractivity (Wildman–Crippen MR) is 76.8 cm³/mol. The van der Waals surface area contributed by atoms with Crippen LogP contribution in [0, 0.1) is 0 Å². The summed E-state index contributed by atoms with van der Waals surface area (Å²) >= 11 is 0. The number of hydrogen-bond donors (Lipinski definition) is 1. The van der Waals surface area contributed by atoms with Gasteiger partial charge in [-0.15, -0.1) is 0 Å². The number of ether oxygens (including phenoxy) is 1. The van der Waals surface area contributed by atoms with Crippen molar-refractivity contribution in [3.63, 3.8) is 0 Å². The van der Waals surface area contributed by atoms with Gasteiger partial charge in [0.2, 0.25) is 0 Å². The van der Waals surface area contributed by atoms with Crippen molar-refractivity contribution in [2.24, 2.45) is 0 Å². The molecule has 0 fully saturated rings. The quantitative estimate of drug-likeness (QED) is 0.639. The van der Waals surface area contributed by atoms with E-state index in [1.165, 1.54) is 0 Å². The van der Waals surface area contributed by atoms with E-state index < -0.39 is 11.6 Å². The van der Waals surface area contributed by atoms with Crippen LogP contribution in [0.1, 0.15) is 56.0 Å². The maximum atomic E-state index is 11.8. The molecule has 0 unspecified atom stereocenters. The molecule has 110 valence electrons. The molecule has 0 amide bonds. The van der Waals surface area contributed by atoms with Crippen molar-refractivity contribution in [3.8, 4) is 0 Å². The first kappa shape index (κ1) is 16.2. The normalized spacial score (nSPS) is 11.2. The van der Waals surface area contributed by atoms with Crippen LogP contribution in [0.4, 0.5) is 0 Å². The second-order valence-corrected chi connectivity index (χ2v) is 5.80. The first-order valence-corrected chi connectivity index (χ1v) is 6.82. The van der Waals surface area contributed by atoms with E-state index in [2.05, 4.69) is 0 Å². The average Bonchev–Trinajstić information content (AvgIpc) is 2.33. The monoisotopic (exact) mass is 278 g/mol. The number of rotatable bonds is 6. The highest BCUT2D eigenvalue weighted by Gasteiger charge is 2.17. The van der Waals surface area contributed by atoms with Crippen LogP contribution < -0.4 is 0 Å². The molecule has 20 heavy (non-hydrogen) atoms. The third-order valence-corrected chi connectivity index (χ3v) is 2.69. The Hall–Kier alpha value is -1.84. The van der Waals surface area contributed by atoms with E-state index in [4.69, 9.17) is 9.84 Å². The lowest BCUT2D eigenvalue weighted by molar-refractivity contribution is -0.137. The van der Waals surface area contributed by atoms with Gasteiger partial charge >= 0.3 is 11.9 Å². The number of aryl methyl sites for hydroxylation is 1. The van der Waals surface area contributed by atoms with E-state index in [1.54, 1.807) is 12.1 Å². The molecule has 4 heteroatoms. The molecular formula is C16H22O4. The van der Waals surface area contributed by atoms with Crippen molar-refractivity contribution in [2.75, 3.05) is 0 Å². The number of hydrogen-bond acceptors (Lipinski definition) is 3. The molecule has 0 aliphatic rings. The number of carboxylic acid groups (broad SMARTS) is 1. The minimum atomic E-state index is -0.759. The first-order chi connectivity index (χ1) is 9.28. The molecule has 0 radical (unpaired) electrons. The van der Waals surface area contributed by atoms with Crippen molar-refractivity contribution in [1.82, 2.24) is 0 Å². The molecule has 0 atom stereocenters. The van der Waals surface area contributed by atoms with Gasteiger partial charge in [-0.05, 0) is 57.7 Å². The van der Waals surface area contributed by atoms with Crippen LogP contribution in [0.15, 0.2) is 24.3 Å². The lowest BCUT2D eigenvalue weighted by Gasteiger charge is -2.19. The largest absolute Gasteiger partial charge is 0.481 e. The van der Waals surface area contributed by atoms with Gasteiger partial charge in [-0.3, -0.25) is 4.79 Å². The van der Waals surface area contributed by atoms with Crippen LogP contribution in [0.5, 0.6) is 0 Å². The highest BCUT2D eigenvalue weighted by Crippen LogP contribution is 2.14. The second kappa shape index (κ2) is 7.08. The maximum Gasteiger partial charge on any atom is 0.338 e. The molecule has 1 aromatic rings. The van der Waals surface area contributed by atoms with Gasteiger partial charge in [-0.2, -0.15) is 0 Å². The molecule has 4 nitrogen and oxygen atoms in total. The Morgan fingerprint density at radius 2 is 1.70 bits per heavy atom.